The van der Waals surface area contributed by atoms with Gasteiger partial charge >= 0.3 is 6.09 Å². The van der Waals surface area contributed by atoms with E-state index in [2.05, 4.69) is 10.6 Å². The topological polar surface area (TPSA) is 93.4 Å². The van der Waals surface area contributed by atoms with Crippen molar-refractivity contribution in [2.45, 2.75) is 51.3 Å². The molecule has 0 aromatic carbocycles. The van der Waals surface area contributed by atoms with E-state index in [4.69, 9.17) is 10.5 Å². The summed E-state index contributed by atoms with van der Waals surface area (Å²) >= 11 is 0. The summed E-state index contributed by atoms with van der Waals surface area (Å²) in [6.07, 6.45) is 1.20. The van der Waals surface area contributed by atoms with E-state index in [9.17, 15) is 9.59 Å². The fourth-order valence-corrected chi connectivity index (χ4v) is 1.62. The highest BCUT2D eigenvalue weighted by molar-refractivity contribution is 5.75. The molecule has 0 bridgehead atoms. The largest absolute Gasteiger partial charge is 0.444 e. The van der Waals surface area contributed by atoms with Gasteiger partial charge in [-0.1, -0.05) is 0 Å². The van der Waals surface area contributed by atoms with Gasteiger partial charge in [0, 0.05) is 12.1 Å². The minimum Gasteiger partial charge on any atom is -0.444 e. The summed E-state index contributed by atoms with van der Waals surface area (Å²) in [6, 6.07) is 0.373. The van der Waals surface area contributed by atoms with Crippen molar-refractivity contribution in [3.05, 3.63) is 0 Å². The molecule has 0 aliphatic heterocycles. The number of alkyl carbamates (subject to hydrolysis) is 1. The Balaban J connectivity index is 2.13. The Morgan fingerprint density at radius 1 is 1.29 bits per heavy atom. The van der Waals surface area contributed by atoms with Crippen molar-refractivity contribution in [2.75, 3.05) is 6.54 Å². The van der Waals surface area contributed by atoms with Gasteiger partial charge in [-0.3, -0.25) is 4.79 Å². The molecule has 1 rings (SSSR count). The van der Waals surface area contributed by atoms with Crippen LogP contribution in [0, 0.1) is 0 Å². The maximum atomic E-state index is 11.4. The number of hydrogen-bond donors (Lipinski definition) is 3. The molecule has 1 fully saturated rings. The zero-order chi connectivity index (χ0) is 13.1. The van der Waals surface area contributed by atoms with Crippen molar-refractivity contribution < 1.29 is 14.3 Å². The van der Waals surface area contributed by atoms with Crippen LogP contribution in [0.2, 0.25) is 0 Å². The second kappa shape index (κ2) is 5.35. The Labute approximate surface area is 101 Å². The van der Waals surface area contributed by atoms with Crippen LogP contribution in [-0.2, 0) is 9.53 Å². The molecular weight excluding hydrogens is 222 g/mol. The van der Waals surface area contributed by atoms with E-state index < -0.39 is 11.7 Å². The van der Waals surface area contributed by atoms with Gasteiger partial charge in [-0.2, -0.15) is 0 Å². The Morgan fingerprint density at radius 2 is 1.88 bits per heavy atom. The fourth-order valence-electron chi connectivity index (χ4n) is 1.62. The quantitative estimate of drug-likeness (QED) is 0.653. The lowest BCUT2D eigenvalue weighted by Crippen LogP contribution is -2.54. The van der Waals surface area contributed by atoms with E-state index in [1.807, 2.05) is 20.8 Å². The van der Waals surface area contributed by atoms with Crippen LogP contribution in [0.25, 0.3) is 0 Å². The number of nitrogens with two attached hydrogens (primary N) is 1. The molecule has 1 aliphatic carbocycles. The molecule has 6 nitrogen and oxygen atoms in total. The van der Waals surface area contributed by atoms with Crippen molar-refractivity contribution in [3.63, 3.8) is 0 Å². The lowest BCUT2D eigenvalue weighted by atomic mass is 9.87. The Bertz CT molecular complexity index is 293. The van der Waals surface area contributed by atoms with E-state index >= 15 is 0 Å². The zero-order valence-corrected chi connectivity index (χ0v) is 10.6. The van der Waals surface area contributed by atoms with Crippen LogP contribution >= 0.6 is 0 Å². The number of amides is 2. The van der Waals surface area contributed by atoms with Gasteiger partial charge in [0.25, 0.3) is 0 Å². The van der Waals surface area contributed by atoms with Gasteiger partial charge < -0.3 is 21.1 Å². The third-order valence-electron chi connectivity index (χ3n) is 2.42. The smallest absolute Gasteiger partial charge is 0.407 e. The average molecular weight is 243 g/mol. The van der Waals surface area contributed by atoms with Crippen molar-refractivity contribution >= 4 is 12.0 Å². The molecule has 4 N–H and O–H groups in total. The molecule has 0 heterocycles. The molecule has 0 atom stereocenters. The van der Waals surface area contributed by atoms with Crippen LogP contribution in [0.3, 0.4) is 0 Å². The van der Waals surface area contributed by atoms with Gasteiger partial charge in [0.1, 0.15) is 5.60 Å². The summed E-state index contributed by atoms with van der Waals surface area (Å²) in [5.41, 5.74) is 4.54. The van der Waals surface area contributed by atoms with E-state index in [1.165, 1.54) is 0 Å². The van der Waals surface area contributed by atoms with Gasteiger partial charge in [-0.15, -0.1) is 0 Å². The molecule has 0 spiro atoms. The Kier molecular flexibility index (Phi) is 4.34. The average Bonchev–Trinajstić information content (AvgIpc) is 2.04. The number of carbonyl (C=O) groups is 2. The highest BCUT2D eigenvalue weighted by Crippen LogP contribution is 2.20. The molecule has 0 unspecified atom stereocenters. The van der Waals surface area contributed by atoms with Crippen LogP contribution in [-0.4, -0.2) is 36.2 Å². The van der Waals surface area contributed by atoms with E-state index in [-0.39, 0.29) is 24.5 Å². The summed E-state index contributed by atoms with van der Waals surface area (Å²) in [4.78, 5) is 21.9. The first-order chi connectivity index (χ1) is 7.76. The first-order valence-electron chi connectivity index (χ1n) is 5.77. The number of hydrogen-bond acceptors (Lipinski definition) is 4. The highest BCUT2D eigenvalue weighted by Gasteiger charge is 2.31. The first kappa shape index (κ1) is 13.8. The standard InChI is InChI=1S/C11H21N3O3/c1-11(2,3)17-10(16)14-8-4-7(5-8)13-6-9(12)15/h7-8,13H,4-6H2,1-3H3,(H2,12,15)(H,14,16). The summed E-state index contributed by atoms with van der Waals surface area (Å²) in [5.74, 6) is -0.367. The molecule has 1 aliphatic rings. The number of ether oxygens (including phenoxy) is 1. The third kappa shape index (κ3) is 5.53. The molecule has 17 heavy (non-hydrogen) atoms. The second-order valence-electron chi connectivity index (χ2n) is 5.36. The minimum atomic E-state index is -0.475. The number of carbonyl (C=O) groups excluding carboxylic acids is 2. The number of primary amides is 1. The summed E-state index contributed by atoms with van der Waals surface area (Å²) in [6.45, 7) is 5.66. The first-order valence-corrected chi connectivity index (χ1v) is 5.77. The van der Waals surface area contributed by atoms with Crippen LogP contribution in [0.4, 0.5) is 4.79 Å². The molecule has 1 saturated carbocycles. The van der Waals surface area contributed by atoms with Crippen molar-refractivity contribution in [1.82, 2.24) is 10.6 Å². The molecule has 0 saturated heterocycles. The summed E-state index contributed by atoms with van der Waals surface area (Å²) in [7, 11) is 0. The fraction of sp³-hybridized carbons (Fsp3) is 0.818. The molecule has 2 amide bonds. The van der Waals surface area contributed by atoms with Crippen LogP contribution in [0.5, 0.6) is 0 Å². The monoisotopic (exact) mass is 243 g/mol. The number of rotatable bonds is 4. The normalized spacial score (nSPS) is 23.7. The van der Waals surface area contributed by atoms with E-state index in [0.29, 0.717) is 0 Å². The van der Waals surface area contributed by atoms with Gasteiger partial charge in [0.05, 0.1) is 6.54 Å². The zero-order valence-electron chi connectivity index (χ0n) is 10.6. The number of nitrogens with one attached hydrogen (secondary N) is 2. The van der Waals surface area contributed by atoms with Gasteiger partial charge in [-0.25, -0.2) is 4.79 Å². The van der Waals surface area contributed by atoms with Crippen molar-refractivity contribution in [1.29, 1.82) is 0 Å². The Hall–Kier alpha value is -1.30. The van der Waals surface area contributed by atoms with E-state index in [0.717, 1.165) is 12.8 Å². The van der Waals surface area contributed by atoms with Gasteiger partial charge in [0.2, 0.25) is 5.91 Å². The van der Waals surface area contributed by atoms with E-state index in [1.54, 1.807) is 0 Å². The van der Waals surface area contributed by atoms with Crippen molar-refractivity contribution in [2.24, 2.45) is 5.73 Å². The summed E-state index contributed by atoms with van der Waals surface area (Å²) in [5, 5.41) is 5.78. The van der Waals surface area contributed by atoms with Gasteiger partial charge in [0.15, 0.2) is 0 Å². The van der Waals surface area contributed by atoms with Gasteiger partial charge in [-0.05, 0) is 33.6 Å². The molecule has 0 aromatic rings. The van der Waals surface area contributed by atoms with Crippen LogP contribution in [0.1, 0.15) is 33.6 Å². The predicted octanol–water partition coefficient (Wildman–Crippen LogP) is 0.117. The lowest BCUT2D eigenvalue weighted by molar-refractivity contribution is -0.117. The SMILES string of the molecule is CC(C)(C)OC(=O)NC1CC(NCC(N)=O)C1. The third-order valence-corrected chi connectivity index (χ3v) is 2.42. The van der Waals surface area contributed by atoms with Crippen LogP contribution < -0.4 is 16.4 Å². The minimum absolute atomic E-state index is 0.121. The molecule has 0 radical (unpaired) electrons. The molecule has 98 valence electrons. The highest BCUT2D eigenvalue weighted by atomic mass is 16.6. The maximum absolute atomic E-state index is 11.4. The predicted molar refractivity (Wildman–Crippen MR) is 63.4 cm³/mol. The van der Waals surface area contributed by atoms with Crippen LogP contribution in [0.15, 0.2) is 0 Å². The lowest BCUT2D eigenvalue weighted by Gasteiger charge is -2.36. The molecule has 6 heteroatoms. The second-order valence-corrected chi connectivity index (χ2v) is 5.36. The van der Waals surface area contributed by atoms with Crippen molar-refractivity contribution in [3.8, 4) is 0 Å². The molecule has 0 aromatic heterocycles. The summed E-state index contributed by atoms with van der Waals surface area (Å²) < 4.78 is 5.13. The maximum Gasteiger partial charge on any atom is 0.407 e. The Morgan fingerprint density at radius 3 is 2.35 bits per heavy atom. The molecular formula is C11H21N3O3.